The number of carbonyl (C=O) groups excluding carboxylic acids is 2. The molecule has 9 heterocycles. The molecule has 4 saturated heterocycles. The van der Waals surface area contributed by atoms with Crippen LogP contribution in [0.15, 0.2) is 77.3 Å². The summed E-state index contributed by atoms with van der Waals surface area (Å²) >= 11 is 1.60. The molecule has 5 fully saturated rings. The van der Waals surface area contributed by atoms with Gasteiger partial charge in [-0.05, 0) is 115 Å². The number of nitrogens with zero attached hydrogens (tertiary/aromatic N) is 9. The minimum Gasteiger partial charge on any atom is -0.581 e. The molecule has 440 valence electrons. The smallest absolute Gasteiger partial charge is 0.319 e. The molecule has 84 heavy (non-hydrogen) atoms. The molecule has 4 aromatic carbocycles. The van der Waals surface area contributed by atoms with Gasteiger partial charge in [0.15, 0.2) is 11.3 Å². The molecule has 4 N–H and O–H groups in total. The van der Waals surface area contributed by atoms with Crippen molar-refractivity contribution in [2.75, 3.05) is 44.9 Å². The van der Waals surface area contributed by atoms with Crippen LogP contribution in [0, 0.1) is 25.6 Å². The number of H-pyrrole nitrogens is 1. The van der Waals surface area contributed by atoms with E-state index >= 15 is 4.39 Å². The number of fused-ring (bicyclic) bond motifs is 7. The van der Waals surface area contributed by atoms with Crippen molar-refractivity contribution in [2.24, 2.45) is 5.92 Å². The van der Waals surface area contributed by atoms with Crippen molar-refractivity contribution < 1.29 is 53.7 Å². The van der Waals surface area contributed by atoms with Gasteiger partial charge in [-0.3, -0.25) is 19.1 Å². The fourth-order valence-electron chi connectivity index (χ4n) is 12.9. The number of thiazole rings is 1. The molecule has 9 aromatic rings. The summed E-state index contributed by atoms with van der Waals surface area (Å²) in [5, 5.41) is 30.0. The Morgan fingerprint density at radius 3 is 2.48 bits per heavy atom. The molecule has 2 bridgehead atoms. The Labute approximate surface area is 501 Å². The Bertz CT molecular complexity index is 4030. The van der Waals surface area contributed by atoms with Crippen LogP contribution in [0.3, 0.4) is 0 Å². The van der Waals surface area contributed by atoms with Gasteiger partial charge in [-0.25, -0.2) is 9.37 Å². The average molecular weight is 1250 g/mol. The number of nitrogens with one attached hydrogen (secondary N) is 3. The van der Waals surface area contributed by atoms with E-state index in [4.69, 9.17) is 34.4 Å². The number of pyridine rings is 1. The van der Waals surface area contributed by atoms with Crippen molar-refractivity contribution in [2.45, 2.75) is 122 Å². The Morgan fingerprint density at radius 2 is 1.75 bits per heavy atom. The van der Waals surface area contributed by atoms with Gasteiger partial charge < -0.3 is 54.9 Å². The second-order valence-corrected chi connectivity index (χ2v) is 23.8. The van der Waals surface area contributed by atoms with Crippen molar-refractivity contribution in [3.63, 3.8) is 0 Å². The quantitative estimate of drug-likeness (QED) is 0.0705. The van der Waals surface area contributed by atoms with Crippen molar-refractivity contribution >= 4 is 72.6 Å². The van der Waals surface area contributed by atoms with Gasteiger partial charge in [-0.2, -0.15) is 21.3 Å². The molecule has 1 saturated carbocycles. The zero-order chi connectivity index (χ0) is 57.2. The van der Waals surface area contributed by atoms with Crippen LogP contribution in [-0.4, -0.2) is 121 Å². The summed E-state index contributed by atoms with van der Waals surface area (Å²) in [4.78, 5) is 65.7. The van der Waals surface area contributed by atoms with Gasteiger partial charge in [-0.1, -0.05) is 50.2 Å². The van der Waals surface area contributed by atoms with Gasteiger partial charge in [0.2, 0.25) is 11.8 Å². The second-order valence-electron chi connectivity index (χ2n) is 22.9. The summed E-state index contributed by atoms with van der Waals surface area (Å²) in [6.07, 6.45) is 8.93. The number of hydrogen-bond acceptors (Lipinski definition) is 15. The Balaban J connectivity index is 0.00000229. The van der Waals surface area contributed by atoms with Crippen molar-refractivity contribution in [3.05, 3.63) is 117 Å². The number of likely N-dealkylation sites (tertiary alicyclic amines) is 1. The first kappa shape index (κ1) is 57.3. The van der Waals surface area contributed by atoms with E-state index in [-0.39, 0.29) is 74.4 Å². The predicted molar refractivity (Wildman–Crippen MR) is 315 cm³/mol. The van der Waals surface area contributed by atoms with Crippen molar-refractivity contribution in [1.82, 2.24) is 55.4 Å². The normalized spacial score (nSPS) is 19.1. The molecule has 5 aliphatic rings. The molecule has 4 aliphatic heterocycles. The molecule has 0 radical (unpaired) electrons. The fraction of sp³-hybridized carbons (Fsp3) is 0.419. The molecule has 4 atom stereocenters. The van der Waals surface area contributed by atoms with E-state index in [1.54, 1.807) is 40.2 Å². The Kier molecular flexibility index (Phi) is 16.2. The first-order valence-corrected chi connectivity index (χ1v) is 29.7. The van der Waals surface area contributed by atoms with Crippen LogP contribution in [0.4, 0.5) is 10.2 Å². The molecule has 19 nitrogen and oxygen atoms in total. The molecular weight excluding hydrogens is 1180 g/mol. The number of rotatable bonds is 15. The summed E-state index contributed by atoms with van der Waals surface area (Å²) in [5.74, 6) is 0.427. The van der Waals surface area contributed by atoms with Gasteiger partial charge in [-0.15, -0.1) is 11.3 Å². The summed E-state index contributed by atoms with van der Waals surface area (Å²) < 4.78 is 37.3. The number of aliphatic hydroxyl groups excluding tert-OH is 1. The number of piperazine rings is 1. The van der Waals surface area contributed by atoms with Crippen LogP contribution in [0.1, 0.15) is 98.7 Å². The van der Waals surface area contributed by atoms with Crippen LogP contribution in [-0.2, 0) is 47.9 Å². The summed E-state index contributed by atoms with van der Waals surface area (Å²) in [6.45, 7) is 11.3. The van der Waals surface area contributed by atoms with Gasteiger partial charge in [0.05, 0.1) is 34.8 Å². The fourth-order valence-corrected chi connectivity index (χ4v) is 13.7. The van der Waals surface area contributed by atoms with Crippen LogP contribution >= 0.6 is 11.3 Å². The molecule has 0 spiro atoms. The molecule has 5 aromatic heterocycles. The molecule has 4 unspecified atom stereocenters. The Morgan fingerprint density at radius 1 is 0.952 bits per heavy atom. The maximum absolute atomic E-state index is 16.2. The number of hydrogen-bond donors (Lipinski definition) is 4. The Hall–Kier alpha value is -7.19. The van der Waals surface area contributed by atoms with E-state index in [0.717, 1.165) is 94.4 Å². The van der Waals surface area contributed by atoms with Gasteiger partial charge in [0.1, 0.15) is 41.9 Å². The molecular formula is C62H66FN12O7PdS-. The zero-order valence-corrected chi connectivity index (χ0v) is 49.8. The third-order valence-electron chi connectivity index (χ3n) is 17.3. The number of aryl methyl sites for hydroxylation is 1. The third-order valence-corrected chi connectivity index (χ3v) is 18.2. The maximum atomic E-state index is 16.2. The molecule has 22 heteroatoms. The van der Waals surface area contributed by atoms with Crippen LogP contribution in [0.25, 0.3) is 65.2 Å². The molecule has 2 amide bonds. The molecule has 1 aliphatic carbocycles. The van der Waals surface area contributed by atoms with E-state index in [0.29, 0.717) is 102 Å². The standard InChI is InChI=1S/C61H63FN12O6S.CH4O.Pd/c1-31(2)54(60(77)72-17-5-6-49(72)58(75)64-24-34-7-10-37(11-8-34)56-33(4)65-30-81-56)74-28-45-41-14-9-35(20-47(41)67-59(76)53(45)71-74)29-79-55-51(50-32(3)46(62)23-48-44(50)26-66-70-48)42(36-12-13-36)22-43-52(55)68-61(80-40-15-18-78-19-16-40)69-57(43)73-27-38-21-39(73)25-63-38;1-2;/h7-11,14,20,22-23,26,28,30-31,36,38-40,49,54,63H,5-6,12-13,15-19,21,24-25,27,29H2,1-4H3,(H3,64,66,67,68,69,70,75,76);2H,1H3;/p-1. The summed E-state index contributed by atoms with van der Waals surface area (Å²) in [7, 11) is 1.00. The largest absolute Gasteiger partial charge is 0.581 e. The number of aliphatic hydroxyl groups is 1. The van der Waals surface area contributed by atoms with Gasteiger partial charge in [0.25, 0.3) is 5.56 Å². The average Bonchev–Trinajstić information content (AvgIpc) is 2.33. The minimum absolute atomic E-state index is 0. The van der Waals surface area contributed by atoms with E-state index in [2.05, 4.69) is 41.8 Å². The number of anilines is 1. The number of benzene rings is 4. The minimum atomic E-state index is -0.779. The van der Waals surface area contributed by atoms with Gasteiger partial charge in [0, 0.05) is 112 Å². The summed E-state index contributed by atoms with van der Waals surface area (Å²) in [5.41, 5.74) is 9.87. The monoisotopic (exact) mass is 1250 g/mol. The number of aromatic nitrogens is 8. The van der Waals surface area contributed by atoms with Crippen molar-refractivity contribution in [1.29, 1.82) is 0 Å². The van der Waals surface area contributed by atoms with Crippen LogP contribution < -0.4 is 35.7 Å². The second kappa shape index (κ2) is 23.7. The molecule has 14 rings (SSSR count). The number of halogens is 1. The zero-order valence-electron chi connectivity index (χ0n) is 47.4. The first-order chi connectivity index (χ1) is 40.4. The van der Waals surface area contributed by atoms with E-state index < -0.39 is 23.5 Å². The van der Waals surface area contributed by atoms with E-state index in [1.165, 1.54) is 6.07 Å². The van der Waals surface area contributed by atoms with Gasteiger partial charge >= 0.3 is 6.01 Å². The summed E-state index contributed by atoms with van der Waals surface area (Å²) in [6, 6.07) is 17.0. The van der Waals surface area contributed by atoms with E-state index in [1.807, 2.05) is 68.7 Å². The number of carbonyl (C=O) groups is 2. The number of amides is 2. The van der Waals surface area contributed by atoms with E-state index in [9.17, 15) is 14.4 Å². The SMILES string of the molecule is CO.Cc1ncsc1-c1ccc(CNC(=O)C2CCCN2C(=O)C(C(C)C)n2cc3c(n2)c(=O)[nH]c2cc(COc4c(-c5c(C)c(F)cc6n[n-]cc56)c(C5CC5)cc5c(N6CC7CC6CN7)nc(OC6CCOCC6)nc45)ccc23)cc1.[Pd]. The van der Waals surface area contributed by atoms with Crippen molar-refractivity contribution in [3.8, 4) is 33.3 Å². The van der Waals surface area contributed by atoms with Crippen LogP contribution in [0.5, 0.6) is 11.8 Å². The first-order valence-electron chi connectivity index (χ1n) is 28.8. The topological polar surface area (TPSA) is 229 Å². The number of aromatic amines is 1. The third kappa shape index (κ3) is 10.6. The predicted octanol–water partition coefficient (Wildman–Crippen LogP) is 8.55. The number of ether oxygens (including phenoxy) is 3. The maximum Gasteiger partial charge on any atom is 0.319 e. The van der Waals surface area contributed by atoms with Crippen LogP contribution in [0.2, 0.25) is 0 Å².